The fraction of sp³-hybridized carbons (Fsp3) is 0.0769. The van der Waals surface area contributed by atoms with Crippen LogP contribution in [0, 0.1) is 0 Å². The van der Waals surface area contributed by atoms with Crippen LogP contribution in [0.25, 0.3) is 0 Å². The lowest BCUT2D eigenvalue weighted by atomic mass is 10.0. The zero-order valence-corrected chi connectivity index (χ0v) is 8.18. The molecule has 0 aliphatic heterocycles. The molecule has 1 N–H and O–H groups in total. The zero-order valence-electron chi connectivity index (χ0n) is 8.18. The van der Waals surface area contributed by atoms with Crippen LogP contribution in [0.5, 0.6) is 0 Å². The van der Waals surface area contributed by atoms with Gasteiger partial charge < -0.3 is 5.32 Å². The van der Waals surface area contributed by atoms with Crippen molar-refractivity contribution in [1.82, 2.24) is 0 Å². The van der Waals surface area contributed by atoms with Crippen LogP contribution >= 0.6 is 0 Å². The lowest BCUT2D eigenvalue weighted by molar-refractivity contribution is 0.567. The van der Waals surface area contributed by atoms with Gasteiger partial charge in [-0.05, 0) is 18.2 Å². The van der Waals surface area contributed by atoms with Crippen molar-refractivity contribution < 1.29 is 4.79 Å². The van der Waals surface area contributed by atoms with Gasteiger partial charge in [0.2, 0.25) is 0 Å². The van der Waals surface area contributed by atoms with Crippen LogP contribution in [0.3, 0.4) is 0 Å². The third-order valence-corrected chi connectivity index (χ3v) is 2.24. The summed E-state index contributed by atoms with van der Waals surface area (Å²) in [5.74, 6) is 1.94. The number of hydrogen-bond donors (Lipinski definition) is 1. The molecule has 2 nitrogen and oxygen atoms in total. The second-order valence-electron chi connectivity index (χ2n) is 3.29. The third kappa shape index (κ3) is 2.25. The molecule has 1 atom stereocenters. The Kier molecular flexibility index (Phi) is 2.82. The van der Waals surface area contributed by atoms with E-state index in [0.717, 1.165) is 5.69 Å². The first-order valence-electron chi connectivity index (χ1n) is 4.81. The minimum absolute atomic E-state index is 0.0742. The van der Waals surface area contributed by atoms with Gasteiger partial charge in [-0.3, -0.25) is 0 Å². The molecule has 0 spiro atoms. The highest BCUT2D eigenvalue weighted by atomic mass is 16.1. The predicted octanol–water partition coefficient (Wildman–Crippen LogP) is 2.35. The Morgan fingerprint density at radius 3 is 2.67 bits per heavy atom. The standard InChI is InChI=1S/C13H11NO/c15-10-11-6-4-5-9-13(11)14-12-7-2-1-3-8-12/h1-9,13-14H. The summed E-state index contributed by atoms with van der Waals surface area (Å²) in [5, 5.41) is 3.24. The van der Waals surface area contributed by atoms with E-state index in [1.807, 2.05) is 54.5 Å². The Labute approximate surface area is 88.6 Å². The highest BCUT2D eigenvalue weighted by molar-refractivity contribution is 5.65. The number of carbonyl (C=O) groups excluding carboxylic acids is 1. The Morgan fingerprint density at radius 1 is 1.13 bits per heavy atom. The SMILES string of the molecule is O=C=C1C=CC=CC1Nc1ccccc1. The number of nitrogens with one attached hydrogen (secondary N) is 1. The number of hydrogen-bond acceptors (Lipinski definition) is 2. The fourth-order valence-corrected chi connectivity index (χ4v) is 1.48. The quantitative estimate of drug-likeness (QED) is 0.737. The van der Waals surface area contributed by atoms with Crippen molar-refractivity contribution in [2.75, 3.05) is 5.32 Å². The third-order valence-electron chi connectivity index (χ3n) is 2.24. The summed E-state index contributed by atoms with van der Waals surface area (Å²) in [7, 11) is 0. The number of rotatable bonds is 2. The first kappa shape index (κ1) is 9.50. The molecule has 0 bridgehead atoms. The number of allylic oxidation sites excluding steroid dienone is 2. The Bertz CT molecular complexity index is 439. The van der Waals surface area contributed by atoms with Crippen LogP contribution < -0.4 is 5.32 Å². The van der Waals surface area contributed by atoms with Crippen molar-refractivity contribution in [3.63, 3.8) is 0 Å². The average Bonchev–Trinajstić information content (AvgIpc) is 2.31. The monoisotopic (exact) mass is 197 g/mol. The van der Waals surface area contributed by atoms with E-state index in [1.54, 1.807) is 6.08 Å². The zero-order chi connectivity index (χ0) is 10.5. The summed E-state index contributed by atoms with van der Waals surface area (Å²) in [6.45, 7) is 0. The van der Waals surface area contributed by atoms with Gasteiger partial charge in [0.1, 0.15) is 5.94 Å². The highest BCUT2D eigenvalue weighted by Gasteiger charge is 2.11. The van der Waals surface area contributed by atoms with Crippen LogP contribution in [-0.2, 0) is 4.79 Å². The van der Waals surface area contributed by atoms with Crippen LogP contribution in [0.2, 0.25) is 0 Å². The summed E-state index contributed by atoms with van der Waals surface area (Å²) >= 11 is 0. The van der Waals surface area contributed by atoms with Gasteiger partial charge in [0, 0.05) is 5.69 Å². The largest absolute Gasteiger partial charge is 0.374 e. The van der Waals surface area contributed by atoms with Gasteiger partial charge in [0.05, 0.1) is 11.6 Å². The smallest absolute Gasteiger partial charge is 0.130 e. The summed E-state index contributed by atoms with van der Waals surface area (Å²) in [6.07, 6.45) is 7.46. The number of benzene rings is 1. The van der Waals surface area contributed by atoms with E-state index < -0.39 is 0 Å². The molecule has 0 amide bonds. The van der Waals surface area contributed by atoms with Crippen LogP contribution in [0.15, 0.2) is 60.2 Å². The molecule has 1 aromatic carbocycles. The van der Waals surface area contributed by atoms with Crippen molar-refractivity contribution in [2.45, 2.75) is 6.04 Å². The molecule has 15 heavy (non-hydrogen) atoms. The maximum Gasteiger partial charge on any atom is 0.130 e. The Balaban J connectivity index is 2.16. The van der Waals surface area contributed by atoms with E-state index in [1.165, 1.54) is 0 Å². The number of para-hydroxylation sites is 1. The Hall–Kier alpha value is -2.05. The van der Waals surface area contributed by atoms with E-state index in [2.05, 4.69) is 5.32 Å². The van der Waals surface area contributed by atoms with Gasteiger partial charge in [-0.1, -0.05) is 36.4 Å². The van der Waals surface area contributed by atoms with Crippen LogP contribution in [0.1, 0.15) is 0 Å². The minimum atomic E-state index is -0.0742. The van der Waals surface area contributed by atoms with E-state index in [9.17, 15) is 4.79 Å². The maximum atomic E-state index is 10.7. The van der Waals surface area contributed by atoms with E-state index >= 15 is 0 Å². The summed E-state index contributed by atoms with van der Waals surface area (Å²) in [5.41, 5.74) is 1.62. The second-order valence-corrected chi connectivity index (χ2v) is 3.29. The normalized spacial score (nSPS) is 18.7. The molecular formula is C13H11NO. The molecule has 0 heterocycles. The molecule has 0 aromatic heterocycles. The topological polar surface area (TPSA) is 29.1 Å². The minimum Gasteiger partial charge on any atom is -0.374 e. The maximum absolute atomic E-state index is 10.7. The molecule has 0 fully saturated rings. The van der Waals surface area contributed by atoms with Gasteiger partial charge in [0.25, 0.3) is 0 Å². The lowest BCUT2D eigenvalue weighted by Gasteiger charge is -2.17. The fourth-order valence-electron chi connectivity index (χ4n) is 1.48. The Morgan fingerprint density at radius 2 is 1.93 bits per heavy atom. The van der Waals surface area contributed by atoms with Crippen molar-refractivity contribution in [3.8, 4) is 0 Å². The molecule has 1 aliphatic rings. The molecule has 1 unspecified atom stereocenters. The van der Waals surface area contributed by atoms with E-state index in [0.29, 0.717) is 5.57 Å². The summed E-state index contributed by atoms with van der Waals surface area (Å²) in [6, 6.07) is 9.72. The molecule has 1 aromatic rings. The van der Waals surface area contributed by atoms with Crippen molar-refractivity contribution in [1.29, 1.82) is 0 Å². The molecule has 0 radical (unpaired) electrons. The van der Waals surface area contributed by atoms with Gasteiger partial charge in [-0.15, -0.1) is 0 Å². The first-order valence-corrected chi connectivity index (χ1v) is 4.81. The molecule has 74 valence electrons. The second kappa shape index (κ2) is 4.45. The average molecular weight is 197 g/mol. The van der Waals surface area contributed by atoms with Gasteiger partial charge in [-0.25, -0.2) is 4.79 Å². The predicted molar refractivity (Wildman–Crippen MR) is 61.3 cm³/mol. The summed E-state index contributed by atoms with van der Waals surface area (Å²) < 4.78 is 0. The molecule has 1 aliphatic carbocycles. The van der Waals surface area contributed by atoms with Crippen molar-refractivity contribution in [3.05, 3.63) is 60.2 Å². The van der Waals surface area contributed by atoms with Gasteiger partial charge in [0.15, 0.2) is 0 Å². The lowest BCUT2D eigenvalue weighted by Crippen LogP contribution is -2.20. The summed E-state index contributed by atoms with van der Waals surface area (Å²) in [4.78, 5) is 10.7. The molecule has 2 heteroatoms. The van der Waals surface area contributed by atoms with Crippen molar-refractivity contribution in [2.24, 2.45) is 0 Å². The molecule has 0 saturated heterocycles. The number of anilines is 1. The molecular weight excluding hydrogens is 186 g/mol. The van der Waals surface area contributed by atoms with Crippen molar-refractivity contribution >= 4 is 11.6 Å². The van der Waals surface area contributed by atoms with E-state index in [-0.39, 0.29) is 6.04 Å². The molecule has 0 saturated carbocycles. The van der Waals surface area contributed by atoms with Crippen LogP contribution in [0.4, 0.5) is 5.69 Å². The van der Waals surface area contributed by atoms with Gasteiger partial charge >= 0.3 is 0 Å². The highest BCUT2D eigenvalue weighted by Crippen LogP contribution is 2.15. The van der Waals surface area contributed by atoms with E-state index in [4.69, 9.17) is 0 Å². The first-order chi connectivity index (χ1) is 7.40. The van der Waals surface area contributed by atoms with Gasteiger partial charge in [-0.2, -0.15) is 0 Å². The van der Waals surface area contributed by atoms with Crippen LogP contribution in [-0.4, -0.2) is 12.0 Å². The molecule has 2 rings (SSSR count).